The molecule has 0 aromatic heterocycles. The number of thioether (sulfide) groups is 1. The summed E-state index contributed by atoms with van der Waals surface area (Å²) in [5, 5.41) is -0.318. The van der Waals surface area contributed by atoms with E-state index >= 15 is 0 Å². The second-order valence-electron chi connectivity index (χ2n) is 4.58. The molecule has 104 valence electrons. The fraction of sp³-hybridized carbons (Fsp3) is 0.429. The van der Waals surface area contributed by atoms with Gasteiger partial charge in [-0.05, 0) is 25.0 Å². The van der Waals surface area contributed by atoms with Gasteiger partial charge < -0.3 is 0 Å². The lowest BCUT2D eigenvalue weighted by molar-refractivity contribution is 0.586. The Bertz CT molecular complexity index is 538. The molecule has 1 aliphatic heterocycles. The van der Waals surface area contributed by atoms with Gasteiger partial charge in [0, 0.05) is 15.7 Å². The molecule has 1 aromatic carbocycles. The molecule has 1 aliphatic rings. The fourth-order valence-corrected chi connectivity index (χ4v) is 5.51. The molecule has 5 heteroatoms. The van der Waals surface area contributed by atoms with Crippen LogP contribution in [0.1, 0.15) is 19.3 Å². The zero-order valence-electron chi connectivity index (χ0n) is 10.6. The standard InChI is InChI=1S/C14H17ClO2S2/c15-9-5-4-8-14-10-13(11-19(14,16)17)18-12-6-2-1-3-7-12/h1-3,6-7,10,14H,4-5,8-9,11H2. The molecule has 0 spiro atoms. The molecule has 0 N–H and O–H groups in total. The number of halogens is 1. The van der Waals surface area contributed by atoms with Crippen molar-refractivity contribution in [3.8, 4) is 0 Å². The van der Waals surface area contributed by atoms with E-state index in [4.69, 9.17) is 11.6 Å². The van der Waals surface area contributed by atoms with Crippen LogP contribution in [0.2, 0.25) is 0 Å². The molecule has 0 amide bonds. The van der Waals surface area contributed by atoms with Crippen LogP contribution < -0.4 is 0 Å². The predicted octanol–water partition coefficient (Wildman–Crippen LogP) is 3.87. The molecular weight excluding hydrogens is 300 g/mol. The van der Waals surface area contributed by atoms with Gasteiger partial charge in [-0.3, -0.25) is 0 Å². The highest BCUT2D eigenvalue weighted by Gasteiger charge is 2.31. The van der Waals surface area contributed by atoms with E-state index in [0.717, 1.165) is 22.6 Å². The van der Waals surface area contributed by atoms with Gasteiger partial charge in [0.1, 0.15) is 0 Å². The van der Waals surface area contributed by atoms with E-state index in [1.54, 1.807) is 11.8 Å². The van der Waals surface area contributed by atoms with Crippen LogP contribution in [0.3, 0.4) is 0 Å². The van der Waals surface area contributed by atoms with Crippen LogP contribution in [0.15, 0.2) is 46.2 Å². The number of sulfone groups is 1. The maximum Gasteiger partial charge on any atom is 0.161 e. The summed E-state index contributed by atoms with van der Waals surface area (Å²) in [5.41, 5.74) is 0. The Morgan fingerprint density at radius 1 is 1.21 bits per heavy atom. The number of rotatable bonds is 6. The van der Waals surface area contributed by atoms with Crippen LogP contribution in [-0.4, -0.2) is 25.3 Å². The summed E-state index contributed by atoms with van der Waals surface area (Å²) in [5.74, 6) is 0.778. The number of hydrogen-bond donors (Lipinski definition) is 0. The highest BCUT2D eigenvalue weighted by atomic mass is 35.5. The lowest BCUT2D eigenvalue weighted by Crippen LogP contribution is -2.16. The first-order chi connectivity index (χ1) is 9.12. The van der Waals surface area contributed by atoms with Crippen molar-refractivity contribution in [1.82, 2.24) is 0 Å². The van der Waals surface area contributed by atoms with Gasteiger partial charge in [-0.25, -0.2) is 8.42 Å². The average molecular weight is 317 g/mol. The molecule has 0 radical (unpaired) electrons. The normalized spacial score (nSPS) is 21.3. The van der Waals surface area contributed by atoms with Crippen molar-refractivity contribution < 1.29 is 8.42 Å². The minimum absolute atomic E-state index is 0.179. The number of benzene rings is 1. The van der Waals surface area contributed by atoms with E-state index in [9.17, 15) is 8.42 Å². The Hall–Kier alpha value is -0.450. The van der Waals surface area contributed by atoms with E-state index in [1.807, 2.05) is 36.4 Å². The minimum atomic E-state index is -2.99. The monoisotopic (exact) mass is 316 g/mol. The van der Waals surface area contributed by atoms with Crippen LogP contribution >= 0.6 is 23.4 Å². The fourth-order valence-electron chi connectivity index (χ4n) is 2.07. The van der Waals surface area contributed by atoms with Gasteiger partial charge >= 0.3 is 0 Å². The van der Waals surface area contributed by atoms with E-state index < -0.39 is 9.84 Å². The first-order valence-electron chi connectivity index (χ1n) is 6.33. The van der Waals surface area contributed by atoms with Crippen molar-refractivity contribution in [2.75, 3.05) is 11.6 Å². The molecule has 1 aromatic rings. The summed E-state index contributed by atoms with van der Waals surface area (Å²) < 4.78 is 24.1. The first-order valence-corrected chi connectivity index (χ1v) is 9.39. The van der Waals surface area contributed by atoms with E-state index in [1.165, 1.54) is 0 Å². The molecular formula is C14H17ClO2S2. The largest absolute Gasteiger partial charge is 0.228 e. The summed E-state index contributed by atoms with van der Waals surface area (Å²) in [6.07, 6.45) is 4.35. The number of unbranched alkanes of at least 4 members (excludes halogenated alkanes) is 1. The number of alkyl halides is 1. The van der Waals surface area contributed by atoms with Gasteiger partial charge in [0.05, 0.1) is 11.0 Å². The third kappa shape index (κ3) is 4.26. The van der Waals surface area contributed by atoms with Crippen molar-refractivity contribution in [3.05, 3.63) is 41.3 Å². The van der Waals surface area contributed by atoms with E-state index in [-0.39, 0.29) is 11.0 Å². The molecule has 1 atom stereocenters. The highest BCUT2D eigenvalue weighted by molar-refractivity contribution is 8.05. The topological polar surface area (TPSA) is 34.1 Å². The Morgan fingerprint density at radius 2 is 1.95 bits per heavy atom. The summed E-state index contributed by atoms with van der Waals surface area (Å²) in [7, 11) is -2.99. The van der Waals surface area contributed by atoms with Crippen molar-refractivity contribution in [2.45, 2.75) is 29.4 Å². The lowest BCUT2D eigenvalue weighted by atomic mass is 10.2. The summed E-state index contributed by atoms with van der Waals surface area (Å²) >= 11 is 7.18. The van der Waals surface area contributed by atoms with Gasteiger partial charge in [-0.1, -0.05) is 42.5 Å². The highest BCUT2D eigenvalue weighted by Crippen LogP contribution is 2.34. The van der Waals surface area contributed by atoms with Gasteiger partial charge in [0.25, 0.3) is 0 Å². The third-order valence-electron chi connectivity index (χ3n) is 3.04. The van der Waals surface area contributed by atoms with Crippen LogP contribution in [0, 0.1) is 0 Å². The zero-order chi connectivity index (χ0) is 13.7. The predicted molar refractivity (Wildman–Crippen MR) is 82.5 cm³/mol. The molecule has 0 saturated carbocycles. The Labute approximate surface area is 124 Å². The van der Waals surface area contributed by atoms with Gasteiger partial charge in [-0.2, -0.15) is 0 Å². The van der Waals surface area contributed by atoms with E-state index in [2.05, 4.69) is 0 Å². The molecule has 0 aliphatic carbocycles. The SMILES string of the molecule is O=S1(=O)CC(Sc2ccccc2)=CC1CCCCCl. The van der Waals surface area contributed by atoms with Crippen molar-refractivity contribution in [2.24, 2.45) is 0 Å². The smallest absolute Gasteiger partial charge is 0.161 e. The minimum Gasteiger partial charge on any atom is -0.228 e. The molecule has 0 fully saturated rings. The van der Waals surface area contributed by atoms with Gasteiger partial charge in [0.2, 0.25) is 0 Å². The quantitative estimate of drug-likeness (QED) is 0.590. The molecule has 19 heavy (non-hydrogen) atoms. The van der Waals surface area contributed by atoms with Crippen LogP contribution in [0.4, 0.5) is 0 Å². The zero-order valence-corrected chi connectivity index (χ0v) is 13.0. The molecule has 1 heterocycles. The summed E-state index contributed by atoms with van der Waals surface area (Å²) in [6.45, 7) is 0. The van der Waals surface area contributed by atoms with Crippen molar-refractivity contribution in [3.63, 3.8) is 0 Å². The Morgan fingerprint density at radius 3 is 2.63 bits per heavy atom. The average Bonchev–Trinajstić information content (AvgIpc) is 2.65. The van der Waals surface area contributed by atoms with E-state index in [0.29, 0.717) is 12.3 Å². The Kier molecular flexibility index (Phi) is 5.37. The van der Waals surface area contributed by atoms with Crippen molar-refractivity contribution >= 4 is 33.2 Å². The van der Waals surface area contributed by atoms with Crippen LogP contribution in [-0.2, 0) is 9.84 Å². The van der Waals surface area contributed by atoms with Crippen LogP contribution in [0.5, 0.6) is 0 Å². The molecule has 1 unspecified atom stereocenters. The molecule has 0 bridgehead atoms. The summed E-state index contributed by atoms with van der Waals surface area (Å²) in [6, 6.07) is 9.88. The third-order valence-corrected chi connectivity index (χ3v) is 6.55. The Balaban J connectivity index is 2.01. The first kappa shape index (κ1) is 14.9. The number of hydrogen-bond acceptors (Lipinski definition) is 3. The van der Waals surface area contributed by atoms with Crippen LogP contribution in [0.25, 0.3) is 0 Å². The molecule has 2 rings (SSSR count). The molecule has 0 saturated heterocycles. The maximum atomic E-state index is 12.1. The summed E-state index contributed by atoms with van der Waals surface area (Å²) in [4.78, 5) is 2.03. The second kappa shape index (κ2) is 6.82. The molecule has 2 nitrogen and oxygen atoms in total. The van der Waals surface area contributed by atoms with Crippen molar-refractivity contribution in [1.29, 1.82) is 0 Å². The maximum absolute atomic E-state index is 12.1. The van der Waals surface area contributed by atoms with Gasteiger partial charge in [-0.15, -0.1) is 11.6 Å². The second-order valence-corrected chi connectivity index (χ2v) is 8.38. The lowest BCUT2D eigenvalue weighted by Gasteiger charge is -2.06. The van der Waals surface area contributed by atoms with Gasteiger partial charge in [0.15, 0.2) is 9.84 Å².